The van der Waals surface area contributed by atoms with Gasteiger partial charge in [0.05, 0.1) is 18.1 Å². The van der Waals surface area contributed by atoms with Gasteiger partial charge >= 0.3 is 0 Å². The van der Waals surface area contributed by atoms with Gasteiger partial charge in [0.1, 0.15) is 5.82 Å². The van der Waals surface area contributed by atoms with Crippen molar-refractivity contribution < 1.29 is 0 Å². The van der Waals surface area contributed by atoms with Crippen LogP contribution in [0.1, 0.15) is 39.3 Å². The highest BCUT2D eigenvalue weighted by molar-refractivity contribution is 5.34. The average Bonchev–Trinajstić information content (AvgIpc) is 2.34. The molecule has 0 aliphatic rings. The van der Waals surface area contributed by atoms with Gasteiger partial charge in [0.15, 0.2) is 0 Å². The highest BCUT2D eigenvalue weighted by Crippen LogP contribution is 2.07. The van der Waals surface area contributed by atoms with Gasteiger partial charge in [-0.05, 0) is 6.42 Å². The Kier molecular flexibility index (Phi) is 5.91. The van der Waals surface area contributed by atoms with E-state index in [-0.39, 0.29) is 0 Å². The molecule has 0 unspecified atom stereocenters. The third kappa shape index (κ3) is 5.13. The van der Waals surface area contributed by atoms with Crippen molar-refractivity contribution in [1.82, 2.24) is 15.3 Å². The van der Waals surface area contributed by atoms with Gasteiger partial charge < -0.3 is 10.2 Å². The molecule has 1 N–H and O–H groups in total. The zero-order chi connectivity index (χ0) is 12.7. The quantitative estimate of drug-likeness (QED) is 0.788. The fourth-order valence-corrected chi connectivity index (χ4v) is 1.45. The van der Waals surface area contributed by atoms with E-state index in [4.69, 9.17) is 0 Å². The molecule has 1 heterocycles. The van der Waals surface area contributed by atoms with Crippen LogP contribution in [0.4, 0.5) is 5.82 Å². The maximum absolute atomic E-state index is 4.43. The summed E-state index contributed by atoms with van der Waals surface area (Å²) in [6.45, 7) is 8.26. The molecular weight excluding hydrogens is 212 g/mol. The summed E-state index contributed by atoms with van der Waals surface area (Å²) in [4.78, 5) is 11.0. The summed E-state index contributed by atoms with van der Waals surface area (Å²) in [5.74, 6) is 0.951. The van der Waals surface area contributed by atoms with E-state index in [9.17, 15) is 0 Å². The number of anilines is 1. The van der Waals surface area contributed by atoms with Gasteiger partial charge in [-0.2, -0.15) is 0 Å². The standard InChI is InChI=1S/C13H24N4/c1-5-6-7-17(4)13-10-15-12(9-16-13)8-14-11(2)3/h9-11,14H,5-8H2,1-4H3. The Labute approximate surface area is 104 Å². The van der Waals surface area contributed by atoms with Crippen LogP contribution < -0.4 is 10.2 Å². The molecular formula is C13H24N4. The van der Waals surface area contributed by atoms with E-state index in [0.29, 0.717) is 6.04 Å². The van der Waals surface area contributed by atoms with Gasteiger partial charge in [0, 0.05) is 26.2 Å². The Bertz CT molecular complexity index is 308. The molecule has 0 spiro atoms. The van der Waals surface area contributed by atoms with E-state index >= 15 is 0 Å². The topological polar surface area (TPSA) is 41.1 Å². The van der Waals surface area contributed by atoms with Gasteiger partial charge in [0.25, 0.3) is 0 Å². The van der Waals surface area contributed by atoms with Crippen LogP contribution in [0, 0.1) is 0 Å². The lowest BCUT2D eigenvalue weighted by Gasteiger charge is -2.17. The molecule has 0 aromatic carbocycles. The van der Waals surface area contributed by atoms with Gasteiger partial charge in [-0.3, -0.25) is 4.98 Å². The summed E-state index contributed by atoms with van der Waals surface area (Å²) in [6, 6.07) is 0.476. The molecule has 0 saturated heterocycles. The van der Waals surface area contributed by atoms with Crippen molar-refractivity contribution in [3.63, 3.8) is 0 Å². The predicted molar refractivity (Wildman–Crippen MR) is 72.2 cm³/mol. The second-order valence-corrected chi connectivity index (χ2v) is 4.68. The first kappa shape index (κ1) is 13.9. The SMILES string of the molecule is CCCCN(C)c1cnc(CNC(C)C)cn1. The molecule has 0 fully saturated rings. The summed E-state index contributed by atoms with van der Waals surface area (Å²) in [5, 5.41) is 3.33. The van der Waals surface area contributed by atoms with Gasteiger partial charge in [-0.25, -0.2) is 4.98 Å². The van der Waals surface area contributed by atoms with Crippen molar-refractivity contribution in [2.24, 2.45) is 0 Å². The number of unbranched alkanes of at least 4 members (excludes halogenated alkanes) is 1. The number of hydrogen-bond acceptors (Lipinski definition) is 4. The average molecular weight is 236 g/mol. The molecule has 4 heteroatoms. The summed E-state index contributed by atoms with van der Waals surface area (Å²) >= 11 is 0. The Morgan fingerprint density at radius 2 is 2.06 bits per heavy atom. The highest BCUT2D eigenvalue weighted by Gasteiger charge is 2.03. The van der Waals surface area contributed by atoms with E-state index in [1.807, 2.05) is 12.4 Å². The number of aromatic nitrogens is 2. The fraction of sp³-hybridized carbons (Fsp3) is 0.692. The molecule has 0 aliphatic heterocycles. The predicted octanol–water partition coefficient (Wildman–Crippen LogP) is 2.21. The molecule has 96 valence electrons. The van der Waals surface area contributed by atoms with Crippen molar-refractivity contribution in [2.75, 3.05) is 18.5 Å². The van der Waals surface area contributed by atoms with Crippen LogP contribution in [0.25, 0.3) is 0 Å². The van der Waals surface area contributed by atoms with Gasteiger partial charge in [0.2, 0.25) is 0 Å². The fourth-order valence-electron chi connectivity index (χ4n) is 1.45. The molecule has 0 saturated carbocycles. The largest absolute Gasteiger partial charge is 0.358 e. The van der Waals surface area contributed by atoms with Crippen LogP contribution >= 0.6 is 0 Å². The smallest absolute Gasteiger partial charge is 0.146 e. The first-order valence-electron chi connectivity index (χ1n) is 6.39. The Morgan fingerprint density at radius 3 is 2.59 bits per heavy atom. The molecule has 1 rings (SSSR count). The van der Waals surface area contributed by atoms with Crippen LogP contribution in [-0.2, 0) is 6.54 Å². The molecule has 0 bridgehead atoms. The summed E-state index contributed by atoms with van der Waals surface area (Å²) in [7, 11) is 2.06. The second kappa shape index (κ2) is 7.22. The molecule has 0 aliphatic carbocycles. The Balaban J connectivity index is 2.49. The van der Waals surface area contributed by atoms with E-state index in [2.05, 4.69) is 48.0 Å². The number of nitrogens with zero attached hydrogens (tertiary/aromatic N) is 3. The van der Waals surface area contributed by atoms with Crippen molar-refractivity contribution >= 4 is 5.82 Å². The van der Waals surface area contributed by atoms with Crippen LogP contribution in [0.5, 0.6) is 0 Å². The minimum atomic E-state index is 0.476. The summed E-state index contributed by atoms with van der Waals surface area (Å²) < 4.78 is 0. The number of rotatable bonds is 7. The molecule has 4 nitrogen and oxygen atoms in total. The van der Waals surface area contributed by atoms with E-state index in [1.54, 1.807) is 0 Å². The van der Waals surface area contributed by atoms with E-state index in [0.717, 1.165) is 24.6 Å². The van der Waals surface area contributed by atoms with Crippen LogP contribution in [-0.4, -0.2) is 29.6 Å². The zero-order valence-corrected chi connectivity index (χ0v) is 11.4. The maximum Gasteiger partial charge on any atom is 0.146 e. The second-order valence-electron chi connectivity index (χ2n) is 4.68. The van der Waals surface area contributed by atoms with E-state index < -0.39 is 0 Å². The van der Waals surface area contributed by atoms with Crippen LogP contribution in [0.3, 0.4) is 0 Å². The van der Waals surface area contributed by atoms with Crippen molar-refractivity contribution in [3.8, 4) is 0 Å². The van der Waals surface area contributed by atoms with E-state index in [1.165, 1.54) is 12.8 Å². The molecule has 1 aromatic heterocycles. The van der Waals surface area contributed by atoms with Crippen LogP contribution in [0.2, 0.25) is 0 Å². The Hall–Kier alpha value is -1.16. The van der Waals surface area contributed by atoms with Crippen molar-refractivity contribution in [3.05, 3.63) is 18.1 Å². The number of nitrogens with one attached hydrogen (secondary N) is 1. The summed E-state index contributed by atoms with van der Waals surface area (Å²) in [5.41, 5.74) is 0.992. The minimum absolute atomic E-state index is 0.476. The third-order valence-corrected chi connectivity index (χ3v) is 2.62. The molecule has 0 amide bonds. The highest BCUT2D eigenvalue weighted by atomic mass is 15.2. The zero-order valence-electron chi connectivity index (χ0n) is 11.4. The third-order valence-electron chi connectivity index (χ3n) is 2.62. The first-order valence-corrected chi connectivity index (χ1v) is 6.39. The lowest BCUT2D eigenvalue weighted by Crippen LogP contribution is -2.23. The maximum atomic E-state index is 4.43. The lowest BCUT2D eigenvalue weighted by atomic mass is 10.3. The first-order chi connectivity index (χ1) is 8.13. The number of hydrogen-bond donors (Lipinski definition) is 1. The lowest BCUT2D eigenvalue weighted by molar-refractivity contribution is 0.580. The molecule has 0 atom stereocenters. The summed E-state index contributed by atoms with van der Waals surface area (Å²) in [6.07, 6.45) is 6.10. The van der Waals surface area contributed by atoms with Gasteiger partial charge in [-0.1, -0.05) is 27.2 Å². The monoisotopic (exact) mass is 236 g/mol. The van der Waals surface area contributed by atoms with Crippen molar-refractivity contribution in [1.29, 1.82) is 0 Å². The normalized spacial score (nSPS) is 10.9. The van der Waals surface area contributed by atoms with Crippen LogP contribution in [0.15, 0.2) is 12.4 Å². The molecule has 17 heavy (non-hydrogen) atoms. The molecule has 1 aromatic rings. The minimum Gasteiger partial charge on any atom is -0.358 e. The van der Waals surface area contributed by atoms with Crippen molar-refractivity contribution in [2.45, 2.75) is 46.2 Å². The molecule has 0 radical (unpaired) electrons. The van der Waals surface area contributed by atoms with Gasteiger partial charge in [-0.15, -0.1) is 0 Å². The Morgan fingerprint density at radius 1 is 1.29 bits per heavy atom.